The molecule has 0 fully saturated rings. The topological polar surface area (TPSA) is 122 Å². The van der Waals surface area contributed by atoms with Gasteiger partial charge in [0.15, 0.2) is 6.67 Å². The van der Waals surface area contributed by atoms with E-state index in [-0.39, 0.29) is 18.1 Å². The zero-order valence-electron chi connectivity index (χ0n) is 13.6. The summed E-state index contributed by atoms with van der Waals surface area (Å²) in [7, 11) is 1.40. The molecule has 0 N–H and O–H groups in total. The number of nitrogens with zero attached hydrogens (tertiary/aromatic N) is 4. The lowest BCUT2D eigenvalue weighted by Crippen LogP contribution is -2.35. The molecule has 1 atom stereocenters. The zero-order chi connectivity index (χ0) is 18.9. The fraction of sp³-hybridized carbons (Fsp3) is 0.125. The highest BCUT2D eigenvalue weighted by atomic mass is 16.6. The van der Waals surface area contributed by atoms with Crippen LogP contribution < -0.4 is 9.64 Å². The van der Waals surface area contributed by atoms with Crippen LogP contribution in [-0.2, 0) is 0 Å². The van der Waals surface area contributed by atoms with Crippen molar-refractivity contribution in [1.82, 2.24) is 0 Å². The van der Waals surface area contributed by atoms with Gasteiger partial charge in [0.1, 0.15) is 11.9 Å². The molecular formula is C16H14N4O6. The lowest BCUT2D eigenvalue weighted by Gasteiger charge is -2.31. The van der Waals surface area contributed by atoms with Crippen LogP contribution in [0.2, 0.25) is 0 Å². The molecule has 1 unspecified atom stereocenters. The van der Waals surface area contributed by atoms with E-state index in [1.807, 2.05) is 0 Å². The minimum Gasteiger partial charge on any atom is -0.627 e. The van der Waals surface area contributed by atoms with Gasteiger partial charge in [0, 0.05) is 12.1 Å². The standard InChI is InChI=1S/C16H14N4O6/c1-20(25)8-7-17(11-20)12-9-14(18(21)22)16(15(10-12)19(23)24)26-13-5-3-2-4-6-13/h2-10H,11H2,1H3. The maximum Gasteiger partial charge on any atom is 0.320 e. The van der Waals surface area contributed by atoms with Crippen LogP contribution in [0.25, 0.3) is 0 Å². The van der Waals surface area contributed by atoms with Crippen LogP contribution in [0.5, 0.6) is 11.5 Å². The average molecular weight is 358 g/mol. The summed E-state index contributed by atoms with van der Waals surface area (Å²) in [6, 6.07) is 10.4. The van der Waals surface area contributed by atoms with Gasteiger partial charge in [-0.15, -0.1) is 0 Å². The monoisotopic (exact) mass is 358 g/mol. The van der Waals surface area contributed by atoms with E-state index in [0.717, 1.165) is 12.1 Å². The van der Waals surface area contributed by atoms with Gasteiger partial charge in [0.2, 0.25) is 0 Å². The Kier molecular flexibility index (Phi) is 4.28. The summed E-state index contributed by atoms with van der Waals surface area (Å²) >= 11 is 0. The van der Waals surface area contributed by atoms with E-state index < -0.39 is 31.6 Å². The molecule has 1 aliphatic heterocycles. The van der Waals surface area contributed by atoms with Crippen molar-refractivity contribution in [1.29, 1.82) is 0 Å². The van der Waals surface area contributed by atoms with Crippen molar-refractivity contribution in [3.63, 3.8) is 0 Å². The highest BCUT2D eigenvalue weighted by Gasteiger charge is 2.32. The Bertz CT molecular complexity index is 862. The molecule has 0 aromatic heterocycles. The number of benzene rings is 2. The van der Waals surface area contributed by atoms with Crippen molar-refractivity contribution in [2.45, 2.75) is 0 Å². The summed E-state index contributed by atoms with van der Waals surface area (Å²) in [5.74, 6) is -0.228. The van der Waals surface area contributed by atoms with Crippen LogP contribution in [0.3, 0.4) is 0 Å². The molecule has 0 radical (unpaired) electrons. The number of ether oxygens (including phenoxy) is 1. The highest BCUT2D eigenvalue weighted by molar-refractivity contribution is 5.71. The zero-order valence-corrected chi connectivity index (χ0v) is 13.6. The van der Waals surface area contributed by atoms with Gasteiger partial charge in [-0.05, 0) is 12.1 Å². The van der Waals surface area contributed by atoms with Gasteiger partial charge in [0.25, 0.3) is 5.75 Å². The average Bonchev–Trinajstić information content (AvgIpc) is 2.95. The lowest BCUT2D eigenvalue weighted by molar-refractivity contribution is -0.800. The molecule has 0 saturated heterocycles. The number of nitro benzene ring substituents is 2. The molecule has 10 heteroatoms. The van der Waals surface area contributed by atoms with Crippen LogP contribution in [-0.4, -0.2) is 28.2 Å². The molecule has 3 rings (SSSR count). The second kappa shape index (κ2) is 6.43. The molecule has 10 nitrogen and oxygen atoms in total. The molecule has 0 saturated carbocycles. The van der Waals surface area contributed by atoms with Crippen molar-refractivity contribution in [2.75, 3.05) is 18.6 Å². The first-order valence-corrected chi connectivity index (χ1v) is 7.49. The van der Waals surface area contributed by atoms with E-state index in [2.05, 4.69) is 0 Å². The van der Waals surface area contributed by atoms with Crippen LogP contribution in [0.4, 0.5) is 17.1 Å². The quantitative estimate of drug-likeness (QED) is 0.347. The summed E-state index contributed by atoms with van der Waals surface area (Å²) in [5, 5.41) is 34.9. The molecular weight excluding hydrogens is 344 g/mol. The number of nitro groups is 2. The Morgan fingerprint density at radius 1 is 1.08 bits per heavy atom. The van der Waals surface area contributed by atoms with Crippen molar-refractivity contribution in [2.24, 2.45) is 0 Å². The molecule has 134 valence electrons. The van der Waals surface area contributed by atoms with E-state index >= 15 is 0 Å². The SMILES string of the molecule is C[N+]1([O-])C=CN(c2cc([N+](=O)[O-])c(Oc3ccccc3)c([N+](=O)[O-])c2)C1. The molecule has 0 bridgehead atoms. The normalized spacial score (nSPS) is 18.8. The van der Waals surface area contributed by atoms with Crippen molar-refractivity contribution < 1.29 is 19.2 Å². The minimum atomic E-state index is -0.750. The van der Waals surface area contributed by atoms with E-state index in [1.165, 1.54) is 36.5 Å². The Labute approximate surface area is 147 Å². The van der Waals surface area contributed by atoms with Crippen LogP contribution in [0, 0.1) is 25.4 Å². The van der Waals surface area contributed by atoms with Crippen molar-refractivity contribution >= 4 is 17.1 Å². The van der Waals surface area contributed by atoms with E-state index in [9.17, 15) is 25.4 Å². The Morgan fingerprint density at radius 3 is 2.12 bits per heavy atom. The maximum atomic E-state index is 11.9. The first-order valence-electron chi connectivity index (χ1n) is 7.49. The van der Waals surface area contributed by atoms with Gasteiger partial charge in [-0.1, -0.05) is 18.2 Å². The first-order chi connectivity index (χ1) is 12.3. The smallest absolute Gasteiger partial charge is 0.320 e. The number of quaternary nitrogens is 1. The van der Waals surface area contributed by atoms with E-state index in [1.54, 1.807) is 18.2 Å². The first kappa shape index (κ1) is 17.3. The van der Waals surface area contributed by atoms with Crippen molar-refractivity contribution in [3.05, 3.63) is 80.3 Å². The summed E-state index contributed by atoms with van der Waals surface area (Å²) in [4.78, 5) is 22.9. The highest BCUT2D eigenvalue weighted by Crippen LogP contribution is 2.43. The lowest BCUT2D eigenvalue weighted by atomic mass is 10.2. The number of hydrogen-bond acceptors (Lipinski definition) is 7. The largest absolute Gasteiger partial charge is 0.627 e. The third kappa shape index (κ3) is 3.45. The molecule has 0 amide bonds. The predicted molar refractivity (Wildman–Crippen MR) is 92.3 cm³/mol. The maximum absolute atomic E-state index is 11.9. The number of rotatable bonds is 5. The fourth-order valence-electron chi connectivity index (χ4n) is 2.52. The predicted octanol–water partition coefficient (Wildman–Crippen LogP) is 3.49. The summed E-state index contributed by atoms with van der Waals surface area (Å²) in [6.07, 6.45) is 2.78. The molecule has 1 aliphatic rings. The van der Waals surface area contributed by atoms with Gasteiger partial charge in [0.05, 0.1) is 28.8 Å². The Morgan fingerprint density at radius 2 is 1.65 bits per heavy atom. The molecule has 26 heavy (non-hydrogen) atoms. The second-order valence-corrected chi connectivity index (χ2v) is 5.83. The minimum absolute atomic E-state index is 0.0484. The summed E-state index contributed by atoms with van der Waals surface area (Å²) < 4.78 is 4.72. The molecule has 1 heterocycles. The van der Waals surface area contributed by atoms with Gasteiger partial charge in [-0.3, -0.25) is 25.1 Å². The van der Waals surface area contributed by atoms with Gasteiger partial charge in [-0.25, -0.2) is 0 Å². The Balaban J connectivity index is 2.10. The Hall–Kier alpha value is -3.50. The van der Waals surface area contributed by atoms with Gasteiger partial charge < -0.3 is 14.6 Å². The van der Waals surface area contributed by atoms with Gasteiger partial charge in [-0.2, -0.15) is 0 Å². The van der Waals surface area contributed by atoms with E-state index in [0.29, 0.717) is 0 Å². The van der Waals surface area contributed by atoms with Crippen LogP contribution in [0.15, 0.2) is 54.9 Å². The van der Waals surface area contributed by atoms with E-state index in [4.69, 9.17) is 4.74 Å². The van der Waals surface area contributed by atoms with Crippen molar-refractivity contribution in [3.8, 4) is 11.5 Å². The fourth-order valence-corrected chi connectivity index (χ4v) is 2.52. The molecule has 2 aromatic rings. The van der Waals surface area contributed by atoms with Crippen LogP contribution >= 0.6 is 0 Å². The third-order valence-corrected chi connectivity index (χ3v) is 3.72. The number of hydrogen-bond donors (Lipinski definition) is 0. The molecule has 0 spiro atoms. The molecule has 2 aromatic carbocycles. The molecule has 0 aliphatic carbocycles. The third-order valence-electron chi connectivity index (χ3n) is 3.72. The number of hydroxylamine groups is 3. The van der Waals surface area contributed by atoms with Gasteiger partial charge >= 0.3 is 11.4 Å². The number of para-hydroxylation sites is 1. The van der Waals surface area contributed by atoms with Crippen LogP contribution in [0.1, 0.15) is 0 Å². The second-order valence-electron chi connectivity index (χ2n) is 5.83. The summed E-state index contributed by atoms with van der Waals surface area (Å²) in [6.45, 7) is -0.0484. The number of anilines is 1. The summed E-state index contributed by atoms with van der Waals surface area (Å²) in [5.41, 5.74) is -0.949.